The van der Waals surface area contributed by atoms with Crippen LogP contribution >= 0.6 is 15.9 Å². The SMILES string of the molecule is COc1ccc(Br)c(C[N+](C=O)(CC/C=C/C(=O)O)OC(C)(C)C)c1. The first kappa shape index (κ1) is 21.3. The summed E-state index contributed by atoms with van der Waals surface area (Å²) in [4.78, 5) is 28.6. The molecule has 1 unspecified atom stereocenters. The Labute approximate surface area is 156 Å². The number of quaternary nitrogens is 1. The summed E-state index contributed by atoms with van der Waals surface area (Å²) in [5.41, 5.74) is 0.306. The minimum atomic E-state index is -1.02. The van der Waals surface area contributed by atoms with Crippen LogP contribution in [0.4, 0.5) is 0 Å². The molecule has 0 heterocycles. The molecule has 25 heavy (non-hydrogen) atoms. The van der Waals surface area contributed by atoms with Crippen molar-refractivity contribution in [3.63, 3.8) is 0 Å². The lowest BCUT2D eigenvalue weighted by Crippen LogP contribution is -2.51. The molecule has 1 N–H and O–H groups in total. The van der Waals surface area contributed by atoms with Gasteiger partial charge in [0.2, 0.25) is 0 Å². The minimum Gasteiger partial charge on any atom is -0.497 e. The standard InChI is InChI=1S/C18H24BrNO5/c1-18(2,3)25-20(13-21,10-6-5-7-17(22)23)12-14-11-15(24-4)8-9-16(14)19/h5,7-9,11,13H,6,10,12H2,1-4H3/p+1/b7-5+. The number of hydroxylamine groups is 3. The van der Waals surface area contributed by atoms with Gasteiger partial charge in [-0.1, -0.05) is 22.0 Å². The summed E-state index contributed by atoms with van der Waals surface area (Å²) in [7, 11) is 1.58. The third-order valence-corrected chi connectivity index (χ3v) is 4.05. The third kappa shape index (κ3) is 7.37. The lowest BCUT2D eigenvalue weighted by Gasteiger charge is -2.35. The van der Waals surface area contributed by atoms with Crippen LogP contribution in [0.15, 0.2) is 34.8 Å². The molecule has 0 aliphatic rings. The molecule has 0 aliphatic heterocycles. The number of carbonyl (C=O) groups is 2. The molecule has 0 spiro atoms. The maximum atomic E-state index is 12.0. The van der Waals surface area contributed by atoms with Gasteiger partial charge >= 0.3 is 12.4 Å². The number of carbonyl (C=O) groups excluding carboxylic acids is 1. The highest BCUT2D eigenvalue weighted by Gasteiger charge is 2.36. The number of rotatable bonds is 9. The summed E-state index contributed by atoms with van der Waals surface area (Å²) < 4.78 is 5.82. The molecule has 0 aliphatic carbocycles. The average Bonchev–Trinajstić information content (AvgIpc) is 2.52. The van der Waals surface area contributed by atoms with Gasteiger partial charge in [-0.25, -0.2) is 9.59 Å². The van der Waals surface area contributed by atoms with Crippen LogP contribution in [0.5, 0.6) is 5.75 Å². The molecule has 0 saturated heterocycles. The van der Waals surface area contributed by atoms with E-state index >= 15 is 0 Å². The van der Waals surface area contributed by atoms with Crippen molar-refractivity contribution in [2.45, 2.75) is 39.3 Å². The Kier molecular flexibility index (Phi) is 7.79. The highest BCUT2D eigenvalue weighted by Crippen LogP contribution is 2.28. The second-order valence-electron chi connectivity index (χ2n) is 6.63. The fourth-order valence-electron chi connectivity index (χ4n) is 2.38. The van der Waals surface area contributed by atoms with Gasteiger partial charge < -0.3 is 9.84 Å². The van der Waals surface area contributed by atoms with Gasteiger partial charge in [0.1, 0.15) is 24.4 Å². The lowest BCUT2D eigenvalue weighted by atomic mass is 10.1. The van der Waals surface area contributed by atoms with Crippen LogP contribution in [0.1, 0.15) is 32.8 Å². The number of carboxylic acid groups (broad SMARTS) is 1. The van der Waals surface area contributed by atoms with Gasteiger partial charge in [0.05, 0.1) is 7.11 Å². The summed E-state index contributed by atoms with van der Waals surface area (Å²) in [6.45, 7) is 6.22. The summed E-state index contributed by atoms with van der Waals surface area (Å²) >= 11 is 3.49. The minimum absolute atomic E-state index is 0.279. The van der Waals surface area contributed by atoms with Crippen molar-refractivity contribution in [2.75, 3.05) is 13.7 Å². The zero-order chi connectivity index (χ0) is 19.1. The molecule has 1 aromatic rings. The van der Waals surface area contributed by atoms with E-state index in [9.17, 15) is 9.59 Å². The number of hydrogen-bond acceptors (Lipinski definition) is 4. The highest BCUT2D eigenvalue weighted by atomic mass is 79.9. The molecule has 0 radical (unpaired) electrons. The fraction of sp³-hybridized carbons (Fsp3) is 0.444. The Hall–Kier alpha value is -1.70. The molecule has 0 saturated carbocycles. The van der Waals surface area contributed by atoms with Crippen LogP contribution < -0.4 is 4.74 Å². The van der Waals surface area contributed by atoms with E-state index < -0.39 is 11.6 Å². The second-order valence-corrected chi connectivity index (χ2v) is 7.48. The molecule has 7 heteroatoms. The smallest absolute Gasteiger partial charge is 0.334 e. The Balaban J connectivity index is 3.12. The maximum Gasteiger partial charge on any atom is 0.334 e. The molecule has 0 bridgehead atoms. The molecule has 138 valence electrons. The van der Waals surface area contributed by atoms with Crippen LogP contribution in [0, 0.1) is 0 Å². The number of benzene rings is 1. The molecular formula is C18H25BrNO5+. The predicted molar refractivity (Wildman–Crippen MR) is 97.8 cm³/mol. The van der Waals surface area contributed by atoms with Crippen LogP contribution in [-0.2, 0) is 21.0 Å². The maximum absolute atomic E-state index is 12.0. The first-order valence-corrected chi connectivity index (χ1v) is 8.66. The molecule has 1 aromatic carbocycles. The number of aliphatic carboxylic acids is 1. The molecule has 1 amide bonds. The van der Waals surface area contributed by atoms with E-state index in [0.29, 0.717) is 25.3 Å². The number of hydrogen-bond donors (Lipinski definition) is 1. The van der Waals surface area contributed by atoms with Crippen molar-refractivity contribution in [3.05, 3.63) is 40.4 Å². The van der Waals surface area contributed by atoms with Crippen LogP contribution in [0.3, 0.4) is 0 Å². The van der Waals surface area contributed by atoms with Crippen molar-refractivity contribution in [2.24, 2.45) is 0 Å². The quantitative estimate of drug-likeness (QED) is 0.288. The van der Waals surface area contributed by atoms with Gasteiger partial charge in [0, 0.05) is 22.5 Å². The van der Waals surface area contributed by atoms with Crippen molar-refractivity contribution in [3.8, 4) is 5.75 Å². The normalized spacial score (nSPS) is 14.3. The van der Waals surface area contributed by atoms with Crippen molar-refractivity contribution in [1.82, 2.24) is 0 Å². The summed E-state index contributed by atoms with van der Waals surface area (Å²) in [6.07, 6.45) is 3.73. The Morgan fingerprint density at radius 2 is 2.04 bits per heavy atom. The predicted octanol–water partition coefficient (Wildman–Crippen LogP) is 3.69. The van der Waals surface area contributed by atoms with Gasteiger partial charge in [-0.2, -0.15) is 4.84 Å². The van der Waals surface area contributed by atoms with Gasteiger partial charge in [-0.15, -0.1) is 4.65 Å². The van der Waals surface area contributed by atoms with E-state index in [0.717, 1.165) is 22.5 Å². The average molecular weight is 415 g/mol. The Bertz CT molecular complexity index is 639. The number of halogens is 1. The molecule has 1 atom stereocenters. The second kappa shape index (κ2) is 9.12. The van der Waals surface area contributed by atoms with Crippen LogP contribution in [0.2, 0.25) is 0 Å². The fourth-order valence-corrected chi connectivity index (χ4v) is 2.75. The Morgan fingerprint density at radius 3 is 2.56 bits per heavy atom. The van der Waals surface area contributed by atoms with Gasteiger partial charge in [0.25, 0.3) is 0 Å². The molecule has 0 aromatic heterocycles. The van der Waals surface area contributed by atoms with Crippen molar-refractivity contribution in [1.29, 1.82) is 0 Å². The number of carboxylic acids is 1. The van der Waals surface area contributed by atoms with Gasteiger partial charge in [-0.3, -0.25) is 0 Å². The van der Waals surface area contributed by atoms with Gasteiger partial charge in [0.15, 0.2) is 0 Å². The third-order valence-electron chi connectivity index (χ3n) is 3.27. The lowest BCUT2D eigenvalue weighted by molar-refractivity contribution is -1.06. The number of amides is 1. The van der Waals surface area contributed by atoms with Crippen molar-refractivity contribution >= 4 is 28.3 Å². The van der Waals surface area contributed by atoms with E-state index in [4.69, 9.17) is 14.7 Å². The first-order valence-electron chi connectivity index (χ1n) is 7.86. The largest absolute Gasteiger partial charge is 0.497 e. The van der Waals surface area contributed by atoms with E-state index in [1.165, 1.54) is 6.08 Å². The Morgan fingerprint density at radius 1 is 1.36 bits per heavy atom. The number of methoxy groups -OCH3 is 1. The monoisotopic (exact) mass is 414 g/mol. The van der Waals surface area contributed by atoms with E-state index in [1.807, 2.05) is 39.0 Å². The summed E-state index contributed by atoms with van der Waals surface area (Å²) in [5.74, 6) is -0.333. The first-order chi connectivity index (χ1) is 11.6. The zero-order valence-electron chi connectivity index (χ0n) is 15.0. The topological polar surface area (TPSA) is 72.8 Å². The number of nitrogens with zero attached hydrogens (tertiary/aromatic N) is 1. The molecule has 1 rings (SSSR count). The molecular weight excluding hydrogens is 390 g/mol. The summed E-state index contributed by atoms with van der Waals surface area (Å²) in [5, 5.41) is 8.70. The van der Waals surface area contributed by atoms with E-state index in [-0.39, 0.29) is 4.65 Å². The van der Waals surface area contributed by atoms with Crippen LogP contribution in [0.25, 0.3) is 0 Å². The van der Waals surface area contributed by atoms with E-state index in [2.05, 4.69) is 15.9 Å². The van der Waals surface area contributed by atoms with Gasteiger partial charge in [-0.05, 0) is 39.0 Å². The van der Waals surface area contributed by atoms with Crippen molar-refractivity contribution < 1.29 is 28.9 Å². The highest BCUT2D eigenvalue weighted by molar-refractivity contribution is 9.10. The molecule has 6 nitrogen and oxygen atoms in total. The zero-order valence-corrected chi connectivity index (χ0v) is 16.6. The number of ether oxygens (including phenoxy) is 1. The summed E-state index contributed by atoms with van der Waals surface area (Å²) in [6, 6.07) is 5.53. The molecule has 0 fully saturated rings. The van der Waals surface area contributed by atoms with E-state index in [1.54, 1.807) is 7.11 Å². The van der Waals surface area contributed by atoms with Crippen LogP contribution in [-0.4, -0.2) is 41.4 Å².